The van der Waals surface area contributed by atoms with E-state index in [1.165, 1.54) is 18.3 Å². The highest BCUT2D eigenvalue weighted by atomic mass is 19.4. The lowest BCUT2D eigenvalue weighted by Gasteiger charge is -2.27. The molecule has 10 nitrogen and oxygen atoms in total. The zero-order valence-electron chi connectivity index (χ0n) is 20.6. The van der Waals surface area contributed by atoms with Gasteiger partial charge in [-0.25, -0.2) is 23.8 Å². The number of hydroxylamine groups is 1. The fourth-order valence-corrected chi connectivity index (χ4v) is 3.78. The summed E-state index contributed by atoms with van der Waals surface area (Å²) in [6.45, 7) is 0.763. The van der Waals surface area contributed by atoms with Gasteiger partial charge in [-0.2, -0.15) is 27.1 Å². The summed E-state index contributed by atoms with van der Waals surface area (Å²) in [7, 11) is 0. The van der Waals surface area contributed by atoms with Gasteiger partial charge in [0.2, 0.25) is 0 Å². The van der Waals surface area contributed by atoms with Crippen molar-refractivity contribution < 1.29 is 36.4 Å². The first-order valence-corrected chi connectivity index (χ1v) is 11.5. The number of amides is 1. The van der Waals surface area contributed by atoms with Crippen LogP contribution in [0.3, 0.4) is 0 Å². The zero-order valence-corrected chi connectivity index (χ0v) is 20.6. The van der Waals surface area contributed by atoms with Crippen molar-refractivity contribution in [3.63, 3.8) is 0 Å². The van der Waals surface area contributed by atoms with E-state index in [2.05, 4.69) is 26.8 Å². The van der Waals surface area contributed by atoms with Crippen LogP contribution in [0.25, 0.3) is 5.82 Å². The lowest BCUT2D eigenvalue weighted by atomic mass is 10.00. The van der Waals surface area contributed by atoms with Crippen molar-refractivity contribution in [3.05, 3.63) is 81.2 Å². The van der Waals surface area contributed by atoms with Crippen LogP contribution in [0.5, 0.6) is 0 Å². The highest BCUT2D eigenvalue weighted by Crippen LogP contribution is 2.30. The molecule has 208 valence electrons. The molecular weight excluding hydrogens is 543 g/mol. The zero-order chi connectivity index (χ0) is 29.2. The maximum absolute atomic E-state index is 12.9. The van der Waals surface area contributed by atoms with Gasteiger partial charge in [-0.15, -0.1) is 5.06 Å². The molecule has 3 aromatic rings. The minimum absolute atomic E-state index is 0.00980. The molecule has 0 spiro atoms. The number of aryl methyl sites for hydroxylation is 2. The molecule has 1 aliphatic rings. The molecule has 0 saturated carbocycles. The van der Waals surface area contributed by atoms with Gasteiger partial charge in [0.25, 0.3) is 12.0 Å². The Morgan fingerprint density at radius 1 is 1.12 bits per heavy atom. The summed E-state index contributed by atoms with van der Waals surface area (Å²) in [4.78, 5) is 44.5. The predicted octanol–water partition coefficient (Wildman–Crippen LogP) is 2.55. The second-order valence-corrected chi connectivity index (χ2v) is 8.53. The van der Waals surface area contributed by atoms with Crippen LogP contribution in [0, 0.1) is 18.8 Å². The fourth-order valence-electron chi connectivity index (χ4n) is 3.78. The van der Waals surface area contributed by atoms with E-state index in [9.17, 15) is 36.3 Å². The highest BCUT2D eigenvalue weighted by molar-refractivity contribution is 5.96. The van der Waals surface area contributed by atoms with Crippen LogP contribution in [0.4, 0.5) is 27.6 Å². The van der Waals surface area contributed by atoms with Crippen LogP contribution >= 0.6 is 0 Å². The molecule has 1 amide bonds. The summed E-state index contributed by atoms with van der Waals surface area (Å²) in [5.74, 6) is 2.69. The summed E-state index contributed by atoms with van der Waals surface area (Å²) in [5, 5.41) is 4.18. The SMILES string of the molecule is Cc1cc(C#Cc2ccc3c(c2)CCC(=O)N3OC(=O)C(F)(F)F)cnc1-n1cnn(CC(CN)=C(F)F)c1=O. The standard InChI is InChI=1S/C25H19F5N6O4/c1-14-8-16(11-32-22(14)34-13-33-35(24(34)39)12-18(10-31)21(26)27)3-2-15-4-6-19-17(9-15)5-7-20(37)36(19)40-23(38)25(28,29)30/h4,6,8-9,11,13H,5,7,10,12,31H2,1H3. The van der Waals surface area contributed by atoms with E-state index in [1.54, 1.807) is 19.1 Å². The average molecular weight is 562 g/mol. The van der Waals surface area contributed by atoms with Gasteiger partial charge < -0.3 is 10.6 Å². The molecule has 2 aromatic heterocycles. The number of fused-ring (bicyclic) bond motifs is 1. The maximum atomic E-state index is 12.9. The molecule has 4 rings (SSSR count). The van der Waals surface area contributed by atoms with E-state index >= 15 is 0 Å². The number of nitrogens with two attached hydrogens (primary N) is 1. The van der Waals surface area contributed by atoms with Gasteiger partial charge in [-0.05, 0) is 48.7 Å². The average Bonchev–Trinajstić information content (AvgIpc) is 3.26. The third kappa shape index (κ3) is 5.91. The summed E-state index contributed by atoms with van der Waals surface area (Å²) in [5.41, 5.74) is 6.11. The van der Waals surface area contributed by atoms with E-state index in [4.69, 9.17) is 5.73 Å². The smallest absolute Gasteiger partial charge is 0.327 e. The number of pyridine rings is 1. The van der Waals surface area contributed by atoms with Gasteiger partial charge in [0.15, 0.2) is 0 Å². The molecule has 1 aliphatic heterocycles. The van der Waals surface area contributed by atoms with E-state index in [1.807, 2.05) is 0 Å². The van der Waals surface area contributed by atoms with Crippen molar-refractivity contribution >= 4 is 17.6 Å². The lowest BCUT2D eigenvalue weighted by Crippen LogP contribution is -2.41. The maximum Gasteiger partial charge on any atom is 0.493 e. The first-order chi connectivity index (χ1) is 18.9. The monoisotopic (exact) mass is 562 g/mol. The van der Waals surface area contributed by atoms with Crippen molar-refractivity contribution in [2.24, 2.45) is 5.73 Å². The number of hydrogen-bond donors (Lipinski definition) is 1. The largest absolute Gasteiger partial charge is 0.493 e. The second-order valence-electron chi connectivity index (χ2n) is 8.53. The number of hydrogen-bond acceptors (Lipinski definition) is 7. The van der Waals surface area contributed by atoms with E-state index in [-0.39, 0.29) is 24.3 Å². The normalized spacial score (nSPS) is 12.9. The lowest BCUT2D eigenvalue weighted by molar-refractivity contribution is -0.201. The molecular formula is C25H19F5N6O4. The third-order valence-corrected chi connectivity index (χ3v) is 5.76. The highest BCUT2D eigenvalue weighted by Gasteiger charge is 2.44. The van der Waals surface area contributed by atoms with Gasteiger partial charge in [-0.3, -0.25) is 4.79 Å². The molecule has 0 bridgehead atoms. The minimum atomic E-state index is -5.26. The van der Waals surface area contributed by atoms with Gasteiger partial charge in [-0.1, -0.05) is 11.8 Å². The Hall–Kier alpha value is -4.84. The number of halogens is 5. The quantitative estimate of drug-likeness (QED) is 0.374. The predicted molar refractivity (Wildman–Crippen MR) is 129 cm³/mol. The molecule has 1 aromatic carbocycles. The van der Waals surface area contributed by atoms with Gasteiger partial charge in [0, 0.05) is 35.9 Å². The van der Waals surface area contributed by atoms with E-state index < -0.39 is 48.5 Å². The Balaban J connectivity index is 1.55. The van der Waals surface area contributed by atoms with Gasteiger partial charge in [0.1, 0.15) is 12.1 Å². The molecule has 0 fully saturated rings. The number of benzene rings is 1. The number of aromatic nitrogens is 4. The Morgan fingerprint density at radius 2 is 1.85 bits per heavy atom. The van der Waals surface area contributed by atoms with Crippen LogP contribution < -0.4 is 16.5 Å². The van der Waals surface area contributed by atoms with Crippen molar-refractivity contribution in [1.29, 1.82) is 0 Å². The summed E-state index contributed by atoms with van der Waals surface area (Å²) in [6.07, 6.45) is -4.65. The molecule has 15 heteroatoms. The van der Waals surface area contributed by atoms with Crippen molar-refractivity contribution in [1.82, 2.24) is 19.3 Å². The third-order valence-electron chi connectivity index (χ3n) is 5.76. The van der Waals surface area contributed by atoms with Crippen LogP contribution in [-0.2, 0) is 27.4 Å². The molecule has 0 atom stereocenters. The molecule has 40 heavy (non-hydrogen) atoms. The number of nitrogens with zero attached hydrogens (tertiary/aromatic N) is 5. The van der Waals surface area contributed by atoms with Gasteiger partial charge in [0.05, 0.1) is 12.2 Å². The number of rotatable bonds is 5. The van der Waals surface area contributed by atoms with E-state index in [0.29, 0.717) is 27.3 Å². The number of alkyl halides is 3. The van der Waals surface area contributed by atoms with Crippen LogP contribution in [0.15, 0.2) is 53.2 Å². The fraction of sp³-hybridized carbons (Fsp3) is 0.240. The first-order valence-electron chi connectivity index (χ1n) is 11.5. The number of anilines is 1. The topological polar surface area (TPSA) is 125 Å². The Bertz CT molecular complexity index is 1640. The first kappa shape index (κ1) is 28.2. The summed E-state index contributed by atoms with van der Waals surface area (Å²) >= 11 is 0. The molecule has 0 radical (unpaired) electrons. The summed E-state index contributed by atoms with van der Waals surface area (Å²) < 4.78 is 65.5. The molecule has 2 N–H and O–H groups in total. The second kappa shape index (κ2) is 11.1. The Labute approximate surface area is 222 Å². The number of carbonyl (C=O) groups is 2. The van der Waals surface area contributed by atoms with Crippen LogP contribution in [0.1, 0.15) is 28.7 Å². The molecule has 0 unspecified atom stereocenters. The van der Waals surface area contributed by atoms with Crippen molar-refractivity contribution in [2.75, 3.05) is 11.6 Å². The van der Waals surface area contributed by atoms with Crippen LogP contribution in [0.2, 0.25) is 0 Å². The molecule has 0 aliphatic carbocycles. The Kier molecular flexibility index (Phi) is 7.82. The molecule has 0 saturated heterocycles. The Morgan fingerprint density at radius 3 is 2.50 bits per heavy atom. The molecule has 3 heterocycles. The van der Waals surface area contributed by atoms with Gasteiger partial charge >= 0.3 is 17.8 Å². The van der Waals surface area contributed by atoms with E-state index in [0.717, 1.165) is 15.6 Å². The summed E-state index contributed by atoms with van der Waals surface area (Å²) in [6, 6.07) is 5.99. The van der Waals surface area contributed by atoms with Crippen molar-refractivity contribution in [3.8, 4) is 17.7 Å². The van der Waals surface area contributed by atoms with Crippen LogP contribution in [-0.4, -0.2) is 43.9 Å². The number of carbonyl (C=O) groups excluding carboxylic acids is 2. The van der Waals surface area contributed by atoms with Crippen molar-refractivity contribution in [2.45, 2.75) is 32.5 Å². The minimum Gasteiger partial charge on any atom is -0.327 e.